The summed E-state index contributed by atoms with van der Waals surface area (Å²) in [4.78, 5) is 20.0. The second-order valence-electron chi connectivity index (χ2n) is 7.76. The molecule has 1 N–H and O–H groups in total. The molecule has 28 heavy (non-hydrogen) atoms. The lowest BCUT2D eigenvalue weighted by Crippen LogP contribution is -2.37. The van der Waals surface area contributed by atoms with Gasteiger partial charge >= 0.3 is 0 Å². The predicted octanol–water partition coefficient (Wildman–Crippen LogP) is 4.68. The molecule has 0 spiro atoms. The number of nitrogens with one attached hydrogen (secondary N) is 1. The Morgan fingerprint density at radius 1 is 1.07 bits per heavy atom. The van der Waals surface area contributed by atoms with Gasteiger partial charge in [0, 0.05) is 18.0 Å². The highest BCUT2D eigenvalue weighted by Crippen LogP contribution is 2.35. The minimum absolute atomic E-state index is 0.00581. The lowest BCUT2D eigenvalue weighted by molar-refractivity contribution is 0.0934. The average molecular weight is 396 g/mol. The molecule has 1 amide bonds. The van der Waals surface area contributed by atoms with Gasteiger partial charge in [0.1, 0.15) is 5.03 Å². The van der Waals surface area contributed by atoms with E-state index in [4.69, 9.17) is 0 Å². The van der Waals surface area contributed by atoms with Gasteiger partial charge in [0.15, 0.2) is 0 Å². The first kappa shape index (κ1) is 19.5. The molecule has 1 aromatic heterocycles. The maximum absolute atomic E-state index is 13.0. The van der Waals surface area contributed by atoms with Gasteiger partial charge in [-0.1, -0.05) is 43.2 Å². The molecule has 1 unspecified atom stereocenters. The molecule has 5 heteroatoms. The van der Waals surface area contributed by atoms with Crippen molar-refractivity contribution >= 4 is 17.7 Å². The second kappa shape index (κ2) is 9.57. The second-order valence-corrected chi connectivity index (χ2v) is 9.05. The van der Waals surface area contributed by atoms with Crippen molar-refractivity contribution in [2.75, 3.05) is 19.6 Å². The first-order valence-corrected chi connectivity index (χ1v) is 11.4. The van der Waals surface area contributed by atoms with Crippen LogP contribution in [0, 0.1) is 0 Å². The van der Waals surface area contributed by atoms with Crippen molar-refractivity contribution in [2.45, 2.75) is 54.8 Å². The Balaban J connectivity index is 1.45. The summed E-state index contributed by atoms with van der Waals surface area (Å²) in [6.45, 7) is 2.83. The quantitative estimate of drug-likeness (QED) is 0.739. The number of thioether (sulfide) groups is 1. The van der Waals surface area contributed by atoms with Crippen LogP contribution in [0.25, 0.3) is 0 Å². The normalized spacial score (nSPS) is 19.0. The highest BCUT2D eigenvalue weighted by Gasteiger charge is 2.25. The fourth-order valence-electron chi connectivity index (χ4n) is 4.29. The van der Waals surface area contributed by atoms with Gasteiger partial charge in [-0.15, -0.1) is 11.8 Å². The molecule has 2 heterocycles. The van der Waals surface area contributed by atoms with Gasteiger partial charge in [0.05, 0.1) is 11.6 Å². The van der Waals surface area contributed by atoms with E-state index in [0.29, 0.717) is 17.4 Å². The van der Waals surface area contributed by atoms with E-state index < -0.39 is 0 Å². The summed E-state index contributed by atoms with van der Waals surface area (Å²) in [5.74, 6) is -0.00581. The van der Waals surface area contributed by atoms with Gasteiger partial charge in [0.25, 0.3) is 5.91 Å². The Bertz CT molecular complexity index is 770. The van der Waals surface area contributed by atoms with Gasteiger partial charge < -0.3 is 5.32 Å². The molecule has 2 aliphatic rings. The number of carbonyl (C=O) groups excluding carboxylic acids is 1. The van der Waals surface area contributed by atoms with Crippen LogP contribution in [-0.2, 0) is 0 Å². The molecule has 1 aliphatic heterocycles. The zero-order valence-corrected chi connectivity index (χ0v) is 17.2. The lowest BCUT2D eigenvalue weighted by atomic mass is 10.1. The van der Waals surface area contributed by atoms with Gasteiger partial charge in [-0.2, -0.15) is 0 Å². The zero-order valence-electron chi connectivity index (χ0n) is 16.3. The molecular formula is C23H29N3OS. The molecule has 1 saturated heterocycles. The Kier molecular flexibility index (Phi) is 6.65. The summed E-state index contributed by atoms with van der Waals surface area (Å²) in [7, 11) is 0. The minimum Gasteiger partial charge on any atom is -0.350 e. The number of pyridine rings is 1. The van der Waals surface area contributed by atoms with Crippen LogP contribution in [0.4, 0.5) is 0 Å². The van der Waals surface area contributed by atoms with Crippen molar-refractivity contribution in [2.24, 2.45) is 0 Å². The van der Waals surface area contributed by atoms with Gasteiger partial charge in [0.2, 0.25) is 0 Å². The van der Waals surface area contributed by atoms with Crippen molar-refractivity contribution in [1.82, 2.24) is 15.2 Å². The van der Waals surface area contributed by atoms with E-state index in [9.17, 15) is 4.79 Å². The summed E-state index contributed by atoms with van der Waals surface area (Å²) in [5.41, 5.74) is 1.99. The number of hydrogen-bond donors (Lipinski definition) is 1. The third kappa shape index (κ3) is 4.76. The van der Waals surface area contributed by atoms with Crippen molar-refractivity contribution in [1.29, 1.82) is 0 Å². The van der Waals surface area contributed by atoms with Crippen LogP contribution in [0.15, 0.2) is 53.7 Å². The molecule has 0 bridgehead atoms. The lowest BCUT2D eigenvalue weighted by Gasteiger charge is -2.28. The molecule has 148 valence electrons. The van der Waals surface area contributed by atoms with Crippen molar-refractivity contribution < 1.29 is 4.79 Å². The number of benzene rings is 1. The summed E-state index contributed by atoms with van der Waals surface area (Å²) < 4.78 is 0. The van der Waals surface area contributed by atoms with Crippen LogP contribution in [0.3, 0.4) is 0 Å². The number of rotatable bonds is 7. The number of hydrogen-bond acceptors (Lipinski definition) is 4. The summed E-state index contributed by atoms with van der Waals surface area (Å²) in [6.07, 6.45) is 9.32. The van der Waals surface area contributed by atoms with E-state index in [0.717, 1.165) is 18.1 Å². The Morgan fingerprint density at radius 3 is 2.57 bits per heavy atom. The average Bonchev–Trinajstić information content (AvgIpc) is 3.44. The first-order valence-electron chi connectivity index (χ1n) is 10.5. The Hall–Kier alpha value is -1.85. The molecule has 4 rings (SSSR count). The standard InChI is InChI=1S/C23H29N3OS/c27-22(20-13-8-14-24-23(20)28-19-11-4-5-12-19)25-17-21(26-15-6-7-16-26)18-9-2-1-3-10-18/h1-3,8-10,13-14,19,21H,4-7,11-12,15-17H2,(H,25,27). The van der Waals surface area contributed by atoms with E-state index in [-0.39, 0.29) is 11.9 Å². The van der Waals surface area contributed by atoms with E-state index in [1.807, 2.05) is 18.2 Å². The van der Waals surface area contributed by atoms with E-state index in [1.54, 1.807) is 18.0 Å². The van der Waals surface area contributed by atoms with Crippen molar-refractivity contribution in [3.05, 3.63) is 59.8 Å². The Morgan fingerprint density at radius 2 is 1.82 bits per heavy atom. The fraction of sp³-hybridized carbons (Fsp3) is 0.478. The Labute approximate surface area is 172 Å². The van der Waals surface area contributed by atoms with Gasteiger partial charge in [-0.3, -0.25) is 9.69 Å². The number of aromatic nitrogens is 1. The highest BCUT2D eigenvalue weighted by molar-refractivity contribution is 7.99. The highest BCUT2D eigenvalue weighted by atomic mass is 32.2. The molecule has 0 radical (unpaired) electrons. The third-order valence-electron chi connectivity index (χ3n) is 5.82. The number of amides is 1. The monoisotopic (exact) mass is 395 g/mol. The van der Waals surface area contributed by atoms with Crippen LogP contribution in [-0.4, -0.2) is 40.7 Å². The summed E-state index contributed by atoms with van der Waals surface area (Å²) >= 11 is 1.78. The number of nitrogens with zero attached hydrogens (tertiary/aromatic N) is 2. The fourth-order valence-corrected chi connectivity index (χ4v) is 5.59. The number of carbonyl (C=O) groups is 1. The summed E-state index contributed by atoms with van der Waals surface area (Å²) in [5, 5.41) is 4.68. The molecule has 1 saturated carbocycles. The van der Waals surface area contributed by atoms with E-state index in [2.05, 4.69) is 39.5 Å². The first-order chi connectivity index (χ1) is 13.8. The van der Waals surface area contributed by atoms with Crippen LogP contribution in [0.2, 0.25) is 0 Å². The summed E-state index contributed by atoms with van der Waals surface area (Å²) in [6, 6.07) is 14.5. The molecule has 1 aliphatic carbocycles. The largest absolute Gasteiger partial charge is 0.350 e. The molecule has 4 nitrogen and oxygen atoms in total. The molecular weight excluding hydrogens is 366 g/mol. The van der Waals surface area contributed by atoms with Crippen molar-refractivity contribution in [3.8, 4) is 0 Å². The van der Waals surface area contributed by atoms with Crippen LogP contribution in [0.5, 0.6) is 0 Å². The topological polar surface area (TPSA) is 45.2 Å². The van der Waals surface area contributed by atoms with Gasteiger partial charge in [-0.05, 0) is 56.5 Å². The van der Waals surface area contributed by atoms with E-state index in [1.165, 1.54) is 44.1 Å². The SMILES string of the molecule is O=C(NCC(c1ccccc1)N1CCCC1)c1cccnc1SC1CCCC1. The molecule has 2 fully saturated rings. The van der Waals surface area contributed by atoms with Crippen LogP contribution >= 0.6 is 11.8 Å². The van der Waals surface area contributed by atoms with E-state index >= 15 is 0 Å². The smallest absolute Gasteiger partial charge is 0.254 e. The zero-order chi connectivity index (χ0) is 19.2. The molecule has 2 aromatic rings. The number of likely N-dealkylation sites (tertiary alicyclic amines) is 1. The van der Waals surface area contributed by atoms with Crippen molar-refractivity contribution in [3.63, 3.8) is 0 Å². The molecule has 1 atom stereocenters. The van der Waals surface area contributed by atoms with Crippen LogP contribution < -0.4 is 5.32 Å². The molecule has 1 aromatic carbocycles. The predicted molar refractivity (Wildman–Crippen MR) is 115 cm³/mol. The minimum atomic E-state index is -0.00581. The maximum Gasteiger partial charge on any atom is 0.254 e. The van der Waals surface area contributed by atoms with Gasteiger partial charge in [-0.25, -0.2) is 4.98 Å². The van der Waals surface area contributed by atoms with Crippen LogP contribution in [0.1, 0.15) is 60.5 Å². The maximum atomic E-state index is 13.0. The third-order valence-corrected chi connectivity index (χ3v) is 7.17.